The van der Waals surface area contributed by atoms with E-state index in [1.807, 2.05) is 97.1 Å². The van der Waals surface area contributed by atoms with Crippen molar-refractivity contribution in [1.82, 2.24) is 10.2 Å². The second-order valence-electron chi connectivity index (χ2n) is 14.5. The minimum absolute atomic E-state index is 0.139. The number of rotatable bonds is 8. The van der Waals surface area contributed by atoms with E-state index in [4.69, 9.17) is 14.2 Å². The number of imide groups is 1. The van der Waals surface area contributed by atoms with Gasteiger partial charge in [-0.2, -0.15) is 0 Å². The molecule has 2 fully saturated rings. The molecule has 4 atom stereocenters. The molecule has 0 spiro atoms. The Bertz CT molecular complexity index is 2390. The highest BCUT2D eigenvalue weighted by Crippen LogP contribution is 2.65. The summed E-state index contributed by atoms with van der Waals surface area (Å²) in [7, 11) is 0. The van der Waals surface area contributed by atoms with Crippen LogP contribution in [0, 0.1) is 0 Å². The first-order valence-corrected chi connectivity index (χ1v) is 20.8. The van der Waals surface area contributed by atoms with E-state index >= 15 is 0 Å². The van der Waals surface area contributed by atoms with Gasteiger partial charge in [-0.25, -0.2) is 4.79 Å². The summed E-state index contributed by atoms with van der Waals surface area (Å²) in [5.74, 6) is 2.64. The molecule has 6 aromatic rings. The number of hydrogen-bond acceptors (Lipinski definition) is 8. The zero-order valence-electron chi connectivity index (χ0n) is 30.7. The number of urea groups is 1. The zero-order valence-corrected chi connectivity index (χ0v) is 32.3. The van der Waals surface area contributed by atoms with Crippen molar-refractivity contribution in [1.29, 1.82) is 0 Å². The van der Waals surface area contributed by atoms with Crippen molar-refractivity contribution in [3.05, 3.63) is 191 Å². The van der Waals surface area contributed by atoms with Gasteiger partial charge in [-0.3, -0.25) is 15.0 Å². The van der Waals surface area contributed by atoms with Gasteiger partial charge in [0.15, 0.2) is 0 Å². The van der Waals surface area contributed by atoms with Gasteiger partial charge in [-0.1, -0.05) is 133 Å². The molecule has 10 heteroatoms. The largest absolute Gasteiger partial charge is 0.457 e. The van der Waals surface area contributed by atoms with Gasteiger partial charge in [0, 0.05) is 35.2 Å². The lowest BCUT2D eigenvalue weighted by atomic mass is 9.81. The Kier molecular flexibility index (Phi) is 9.09. The summed E-state index contributed by atoms with van der Waals surface area (Å²) in [5.41, 5.74) is 5.96. The molecule has 8 nitrogen and oxygen atoms in total. The van der Waals surface area contributed by atoms with Gasteiger partial charge in [-0.15, -0.1) is 23.5 Å². The lowest BCUT2D eigenvalue weighted by molar-refractivity contribution is -0.123. The first kappa shape index (κ1) is 35.9. The summed E-state index contributed by atoms with van der Waals surface area (Å²) in [5, 5.41) is 13.0. The highest BCUT2D eigenvalue weighted by atomic mass is 32.2. The van der Waals surface area contributed by atoms with Crippen molar-refractivity contribution in [2.24, 2.45) is 0 Å². The van der Waals surface area contributed by atoms with E-state index in [-0.39, 0.29) is 25.5 Å². The van der Waals surface area contributed by atoms with Gasteiger partial charge in [-0.05, 0) is 35.4 Å². The molecule has 10 rings (SSSR count). The van der Waals surface area contributed by atoms with Gasteiger partial charge < -0.3 is 19.3 Å². The standard InChI is InChI=1S/C47H38N2O6S2/c50-29-40-42(56-46(30-15-3-1-4-16-30)32-19-7-11-23-36(32)53-37-24-12-8-20-33(37)46)43(44(55-40)49-28-27-41(51)48-45(49)52)57-47(31-17-5-2-6-18-31)34-21-9-13-25-38(34)54-39-26-14-10-22-35(39)47/h1-26,40,42-44,50H,27-29H2,(H,48,51,52)/t40-,42-,43-,44-/m1/s1. The number of ether oxygens (including phenoxy) is 3. The fourth-order valence-electron chi connectivity index (χ4n) is 8.87. The lowest BCUT2D eigenvalue weighted by Gasteiger charge is -2.46. The molecule has 284 valence electrons. The second kappa shape index (κ2) is 14.5. The van der Waals surface area contributed by atoms with E-state index in [9.17, 15) is 14.7 Å². The number of para-hydroxylation sites is 4. The third-order valence-corrected chi connectivity index (χ3v) is 15.2. The monoisotopic (exact) mass is 790 g/mol. The van der Waals surface area contributed by atoms with Gasteiger partial charge in [0.05, 0.1) is 32.7 Å². The van der Waals surface area contributed by atoms with E-state index in [1.165, 1.54) is 0 Å². The average molecular weight is 791 g/mol. The van der Waals surface area contributed by atoms with Crippen LogP contribution in [0.1, 0.15) is 39.8 Å². The number of aliphatic hydroxyl groups excluding tert-OH is 1. The molecule has 0 radical (unpaired) electrons. The molecule has 0 unspecified atom stereocenters. The molecule has 4 aliphatic rings. The van der Waals surface area contributed by atoms with Crippen molar-refractivity contribution in [3.8, 4) is 23.0 Å². The maximum absolute atomic E-state index is 13.9. The Morgan fingerprint density at radius 1 is 0.579 bits per heavy atom. The molecule has 4 aliphatic heterocycles. The minimum atomic E-state index is -0.852. The summed E-state index contributed by atoms with van der Waals surface area (Å²) in [6.07, 6.45) is -1.39. The molecular weight excluding hydrogens is 753 g/mol. The van der Waals surface area contributed by atoms with Crippen LogP contribution in [0.15, 0.2) is 158 Å². The second-order valence-corrected chi connectivity index (χ2v) is 17.3. The number of nitrogens with one attached hydrogen (secondary N) is 1. The van der Waals surface area contributed by atoms with Gasteiger partial charge in [0.1, 0.15) is 29.2 Å². The molecule has 4 heterocycles. The molecular formula is C47H38N2O6S2. The van der Waals surface area contributed by atoms with Crippen LogP contribution >= 0.6 is 23.5 Å². The first-order valence-electron chi connectivity index (χ1n) is 19.1. The predicted octanol–water partition coefficient (Wildman–Crippen LogP) is 9.04. The first-order chi connectivity index (χ1) is 28.0. The maximum atomic E-state index is 13.9. The number of nitrogens with zero attached hydrogens (tertiary/aromatic N) is 1. The number of benzene rings is 6. The third kappa shape index (κ3) is 5.76. The van der Waals surface area contributed by atoms with Crippen molar-refractivity contribution in [3.63, 3.8) is 0 Å². The topological polar surface area (TPSA) is 97.3 Å². The van der Waals surface area contributed by atoms with Gasteiger partial charge >= 0.3 is 6.03 Å². The van der Waals surface area contributed by atoms with E-state index in [0.29, 0.717) is 0 Å². The summed E-state index contributed by atoms with van der Waals surface area (Å²) in [6.45, 7) is -0.112. The number of amides is 3. The Morgan fingerprint density at radius 3 is 1.40 bits per heavy atom. The Balaban J connectivity index is 1.22. The zero-order chi connectivity index (χ0) is 38.6. The summed E-state index contributed by atoms with van der Waals surface area (Å²) in [4.78, 5) is 28.1. The molecule has 57 heavy (non-hydrogen) atoms. The van der Waals surface area contributed by atoms with Crippen LogP contribution in [-0.2, 0) is 19.0 Å². The van der Waals surface area contributed by atoms with Gasteiger partial charge in [0.2, 0.25) is 5.91 Å². The van der Waals surface area contributed by atoms with Crippen LogP contribution in [0.5, 0.6) is 23.0 Å². The lowest BCUT2D eigenvalue weighted by Crippen LogP contribution is -2.56. The molecule has 6 aromatic carbocycles. The van der Waals surface area contributed by atoms with Crippen LogP contribution in [0.4, 0.5) is 4.79 Å². The molecule has 0 saturated carbocycles. The summed E-state index contributed by atoms with van der Waals surface area (Å²) < 4.78 is 18.5. The van der Waals surface area contributed by atoms with Crippen LogP contribution in [0.25, 0.3) is 0 Å². The molecule has 2 N–H and O–H groups in total. The number of carbonyl (C=O) groups excluding carboxylic acids is 2. The van der Waals surface area contributed by atoms with Crippen molar-refractivity contribution in [2.45, 2.75) is 38.7 Å². The highest BCUT2D eigenvalue weighted by molar-refractivity contribution is 8.05. The molecule has 0 aliphatic carbocycles. The number of hydrogen-bond donors (Lipinski definition) is 2. The molecule has 3 amide bonds. The summed E-state index contributed by atoms with van der Waals surface area (Å²) in [6, 6.07) is 52.8. The number of carbonyl (C=O) groups is 2. The van der Waals surface area contributed by atoms with Crippen LogP contribution < -0.4 is 14.8 Å². The maximum Gasteiger partial charge on any atom is 0.326 e. The predicted molar refractivity (Wildman–Crippen MR) is 222 cm³/mol. The highest BCUT2D eigenvalue weighted by Gasteiger charge is 2.58. The fraction of sp³-hybridized carbons (Fsp3) is 0.191. The van der Waals surface area contributed by atoms with Crippen molar-refractivity contribution < 1.29 is 28.9 Å². The Labute approximate surface area is 339 Å². The number of fused-ring (bicyclic) bond motifs is 4. The third-order valence-electron chi connectivity index (χ3n) is 11.4. The van der Waals surface area contributed by atoms with Crippen molar-refractivity contribution in [2.75, 3.05) is 13.2 Å². The van der Waals surface area contributed by atoms with Crippen LogP contribution in [-0.4, -0.2) is 57.9 Å². The molecule has 0 bridgehead atoms. The molecule has 2 saturated heterocycles. The van der Waals surface area contributed by atoms with Crippen LogP contribution in [0.2, 0.25) is 0 Å². The van der Waals surface area contributed by atoms with Gasteiger partial charge in [0.25, 0.3) is 0 Å². The molecule has 0 aromatic heterocycles. The summed E-state index contributed by atoms with van der Waals surface area (Å²) >= 11 is 3.44. The van der Waals surface area contributed by atoms with E-state index in [0.717, 1.165) is 56.4 Å². The Hall–Kier alpha value is -5.52. The average Bonchev–Trinajstić information content (AvgIpc) is 3.59. The van der Waals surface area contributed by atoms with Crippen molar-refractivity contribution >= 4 is 35.5 Å². The van der Waals surface area contributed by atoms with E-state index in [1.54, 1.807) is 28.4 Å². The quantitative estimate of drug-likeness (QED) is 0.158. The smallest absolute Gasteiger partial charge is 0.326 e. The number of aliphatic hydroxyl groups is 1. The minimum Gasteiger partial charge on any atom is -0.457 e. The van der Waals surface area contributed by atoms with E-state index < -0.39 is 38.4 Å². The Morgan fingerprint density at radius 2 is 0.982 bits per heavy atom. The van der Waals surface area contributed by atoms with Crippen LogP contribution in [0.3, 0.4) is 0 Å². The normalized spacial score (nSPS) is 22.5. The van der Waals surface area contributed by atoms with E-state index in [2.05, 4.69) is 66.0 Å². The number of thioether (sulfide) groups is 2. The fourth-order valence-corrected chi connectivity index (χ4v) is 13.0. The SMILES string of the molecule is O=C1CCN([C@@H]2O[C@H](CO)[C@@H](SC3(c4ccccc4)c4ccccc4Oc4ccccc43)[C@H]2SC2(c3ccccc3)c3ccccc3Oc3ccccc32)C(=O)N1.